The number of thiocarbonyl (C=S) groups is 1. The third kappa shape index (κ3) is 4.40. The molecule has 4 rings (SSSR count). The number of nitrogens with zero attached hydrogens (tertiary/aromatic N) is 3. The van der Waals surface area contributed by atoms with Gasteiger partial charge in [0.05, 0.1) is 11.0 Å². The maximum atomic E-state index is 12.7. The summed E-state index contributed by atoms with van der Waals surface area (Å²) in [4.78, 5) is 15.9. The molecule has 2 aromatic carbocycles. The maximum Gasteiger partial charge on any atom is 0.347 e. The van der Waals surface area contributed by atoms with Gasteiger partial charge >= 0.3 is 6.03 Å². The zero-order chi connectivity index (χ0) is 22.2. The van der Waals surface area contributed by atoms with E-state index < -0.39 is 16.9 Å². The van der Waals surface area contributed by atoms with Gasteiger partial charge in [0.15, 0.2) is 10.5 Å². The predicted octanol–water partition coefficient (Wildman–Crippen LogP) is 5.52. The summed E-state index contributed by atoms with van der Waals surface area (Å²) in [6, 6.07) is 13.8. The third-order valence-electron chi connectivity index (χ3n) is 4.87. The van der Waals surface area contributed by atoms with Gasteiger partial charge in [-0.3, -0.25) is 5.21 Å². The van der Waals surface area contributed by atoms with Crippen molar-refractivity contribution in [3.05, 3.63) is 65.3 Å². The lowest BCUT2D eigenvalue weighted by atomic mass is 10.1. The first-order chi connectivity index (χ1) is 14.8. The molecular weight excluding hydrogens is 454 g/mol. The Morgan fingerprint density at radius 1 is 1.32 bits per heavy atom. The van der Waals surface area contributed by atoms with Gasteiger partial charge in [-0.15, -0.1) is 0 Å². The lowest BCUT2D eigenvalue weighted by Gasteiger charge is -2.34. The normalized spacial score (nSPS) is 18.1. The van der Waals surface area contributed by atoms with Crippen LogP contribution in [0, 0.1) is 0 Å². The molecule has 3 aromatic rings. The van der Waals surface area contributed by atoms with E-state index in [4.69, 9.17) is 23.8 Å². The molecule has 0 aliphatic carbocycles. The van der Waals surface area contributed by atoms with Gasteiger partial charge in [-0.25, -0.2) is 9.80 Å². The monoisotopic (exact) mass is 473 g/mol. The Kier molecular flexibility index (Phi) is 5.94. The van der Waals surface area contributed by atoms with E-state index in [2.05, 4.69) is 15.4 Å². The molecule has 0 saturated carbocycles. The lowest BCUT2D eigenvalue weighted by Crippen LogP contribution is -2.54. The van der Waals surface area contributed by atoms with E-state index in [-0.39, 0.29) is 0 Å². The molecule has 0 spiro atoms. The standard InChI is InChI=1S/C21H20ClN5O2S2/c1-21(2)18(27(29)19(28)25-15-9-7-14(22)8-10-15)26(20(30)31-21)24-12-13-11-23-17-6-4-3-5-16(13)17/h3-12,18,23,29H,1-2H3,(H,25,28)/b24-12+. The number of hydroxylamine groups is 2. The summed E-state index contributed by atoms with van der Waals surface area (Å²) in [6.07, 6.45) is 2.72. The van der Waals surface area contributed by atoms with Crippen molar-refractivity contribution >= 4 is 68.7 Å². The number of rotatable bonds is 4. The van der Waals surface area contributed by atoms with Crippen molar-refractivity contribution in [3.63, 3.8) is 0 Å². The van der Waals surface area contributed by atoms with E-state index >= 15 is 0 Å². The molecule has 3 N–H and O–H groups in total. The number of para-hydroxylation sites is 1. The Bertz CT molecular complexity index is 1160. The van der Waals surface area contributed by atoms with Gasteiger partial charge < -0.3 is 10.3 Å². The zero-order valence-corrected chi connectivity index (χ0v) is 19.1. The van der Waals surface area contributed by atoms with E-state index in [0.717, 1.165) is 16.5 Å². The number of thioether (sulfide) groups is 1. The quantitative estimate of drug-likeness (QED) is 0.201. The summed E-state index contributed by atoms with van der Waals surface area (Å²) in [7, 11) is 0. The first kappa shape index (κ1) is 21.6. The Hall–Kier alpha value is -2.59. The number of hydrazone groups is 1. The van der Waals surface area contributed by atoms with E-state index in [1.807, 2.05) is 44.3 Å². The zero-order valence-electron chi connectivity index (χ0n) is 16.7. The van der Waals surface area contributed by atoms with Crippen molar-refractivity contribution in [1.82, 2.24) is 15.1 Å². The highest BCUT2D eigenvalue weighted by molar-refractivity contribution is 8.24. The van der Waals surface area contributed by atoms with Gasteiger partial charge in [0.2, 0.25) is 0 Å². The summed E-state index contributed by atoms with van der Waals surface area (Å²) < 4.78 is -0.134. The molecule has 1 unspecified atom stereocenters. The molecule has 7 nitrogen and oxygen atoms in total. The van der Waals surface area contributed by atoms with Crippen LogP contribution in [0.2, 0.25) is 5.02 Å². The topological polar surface area (TPSA) is 84.0 Å². The van der Waals surface area contributed by atoms with Crippen LogP contribution in [0.4, 0.5) is 10.5 Å². The number of carbonyl (C=O) groups is 1. The van der Waals surface area contributed by atoms with Gasteiger partial charge in [-0.1, -0.05) is 53.8 Å². The minimum Gasteiger partial charge on any atom is -0.361 e. The summed E-state index contributed by atoms with van der Waals surface area (Å²) in [5.74, 6) is 0. The van der Waals surface area contributed by atoms with Gasteiger partial charge in [-0.2, -0.15) is 10.2 Å². The molecule has 160 valence electrons. The Morgan fingerprint density at radius 2 is 2.03 bits per heavy atom. The largest absolute Gasteiger partial charge is 0.361 e. The number of benzene rings is 2. The van der Waals surface area contributed by atoms with Crippen LogP contribution in [-0.2, 0) is 0 Å². The number of fused-ring (bicyclic) bond motifs is 1. The molecule has 1 aliphatic rings. The Balaban J connectivity index is 1.58. The number of halogens is 1. The highest BCUT2D eigenvalue weighted by Crippen LogP contribution is 2.42. The number of aromatic amines is 1. The molecule has 1 aliphatic heterocycles. The molecule has 1 saturated heterocycles. The van der Waals surface area contributed by atoms with E-state index in [0.29, 0.717) is 20.1 Å². The number of amides is 2. The third-order valence-corrected chi connectivity index (χ3v) is 6.66. The molecule has 0 radical (unpaired) electrons. The van der Waals surface area contributed by atoms with Crippen LogP contribution in [0.3, 0.4) is 0 Å². The van der Waals surface area contributed by atoms with Crippen LogP contribution in [0.15, 0.2) is 59.8 Å². The highest BCUT2D eigenvalue weighted by atomic mass is 35.5. The van der Waals surface area contributed by atoms with E-state index in [1.54, 1.807) is 30.5 Å². The summed E-state index contributed by atoms with van der Waals surface area (Å²) in [5.41, 5.74) is 2.38. The van der Waals surface area contributed by atoms with Gasteiger partial charge in [0.1, 0.15) is 0 Å². The molecule has 1 fully saturated rings. The molecule has 1 aromatic heterocycles. The number of hydrogen-bond acceptors (Lipinski definition) is 5. The second-order valence-electron chi connectivity index (χ2n) is 7.51. The van der Waals surface area contributed by atoms with E-state index in [1.165, 1.54) is 16.8 Å². The average Bonchev–Trinajstić information content (AvgIpc) is 3.24. The molecule has 0 bridgehead atoms. The van der Waals surface area contributed by atoms with Gasteiger partial charge in [0.25, 0.3) is 0 Å². The minimum absolute atomic E-state index is 0.462. The van der Waals surface area contributed by atoms with Crippen LogP contribution in [0.1, 0.15) is 19.4 Å². The van der Waals surface area contributed by atoms with Crippen molar-refractivity contribution in [1.29, 1.82) is 0 Å². The number of aromatic nitrogens is 1. The van der Waals surface area contributed by atoms with Gasteiger partial charge in [-0.05, 0) is 44.2 Å². The van der Waals surface area contributed by atoms with Crippen LogP contribution < -0.4 is 5.32 Å². The van der Waals surface area contributed by atoms with Crippen LogP contribution >= 0.6 is 35.6 Å². The van der Waals surface area contributed by atoms with Crippen molar-refractivity contribution in [2.75, 3.05) is 5.32 Å². The fraction of sp³-hybridized carbons (Fsp3) is 0.190. The van der Waals surface area contributed by atoms with Gasteiger partial charge in [0, 0.05) is 33.4 Å². The SMILES string of the molecule is CC1(C)SC(=S)N(/N=C/c2c[nH]c3ccccc23)C1N(O)C(=O)Nc1ccc(Cl)cc1. The number of nitrogens with one attached hydrogen (secondary N) is 2. The number of urea groups is 1. The molecule has 10 heteroatoms. The summed E-state index contributed by atoms with van der Waals surface area (Å²) in [5, 5.41) is 21.7. The molecule has 2 heterocycles. The lowest BCUT2D eigenvalue weighted by molar-refractivity contribution is -0.114. The number of anilines is 1. The van der Waals surface area contributed by atoms with Crippen molar-refractivity contribution in [2.24, 2.45) is 5.10 Å². The van der Waals surface area contributed by atoms with Crippen molar-refractivity contribution in [3.8, 4) is 0 Å². The Labute approximate surface area is 194 Å². The van der Waals surface area contributed by atoms with E-state index in [9.17, 15) is 10.0 Å². The predicted molar refractivity (Wildman–Crippen MR) is 130 cm³/mol. The summed E-state index contributed by atoms with van der Waals surface area (Å²) >= 11 is 12.7. The summed E-state index contributed by atoms with van der Waals surface area (Å²) in [6.45, 7) is 3.79. The highest BCUT2D eigenvalue weighted by Gasteiger charge is 2.50. The first-order valence-electron chi connectivity index (χ1n) is 9.43. The molecule has 1 atom stereocenters. The molecular formula is C21H20ClN5O2S2. The smallest absolute Gasteiger partial charge is 0.347 e. The van der Waals surface area contributed by atoms with Crippen molar-refractivity contribution in [2.45, 2.75) is 24.8 Å². The fourth-order valence-corrected chi connectivity index (χ4v) is 5.29. The second-order valence-corrected chi connectivity index (χ2v) is 10.2. The number of carbonyl (C=O) groups excluding carboxylic acids is 1. The van der Waals surface area contributed by atoms with Crippen LogP contribution in [0.25, 0.3) is 10.9 Å². The first-order valence-corrected chi connectivity index (χ1v) is 11.0. The number of hydrogen-bond donors (Lipinski definition) is 3. The van der Waals surface area contributed by atoms with Crippen molar-refractivity contribution < 1.29 is 10.0 Å². The number of H-pyrrole nitrogens is 1. The van der Waals surface area contributed by atoms with Crippen LogP contribution in [0.5, 0.6) is 0 Å². The second kappa shape index (κ2) is 8.51. The van der Waals surface area contributed by atoms with Crippen LogP contribution in [-0.4, -0.2) is 47.7 Å². The maximum absolute atomic E-state index is 12.7. The molecule has 2 amide bonds. The fourth-order valence-electron chi connectivity index (χ4n) is 3.38. The average molecular weight is 474 g/mol. The minimum atomic E-state index is -0.807. The Morgan fingerprint density at radius 3 is 2.77 bits per heavy atom. The molecule has 31 heavy (non-hydrogen) atoms.